The molecule has 1 fully saturated rings. The van der Waals surface area contributed by atoms with Crippen LogP contribution < -0.4 is 5.32 Å². The van der Waals surface area contributed by atoms with Crippen molar-refractivity contribution >= 4 is 5.91 Å². The van der Waals surface area contributed by atoms with Gasteiger partial charge >= 0.3 is 0 Å². The number of carbonyl (C=O) groups is 1. The second-order valence-electron chi connectivity index (χ2n) is 5.26. The molecule has 0 spiro atoms. The molecule has 0 bridgehead atoms. The maximum Gasteiger partial charge on any atom is 0.253 e. The van der Waals surface area contributed by atoms with Crippen molar-refractivity contribution in [3.63, 3.8) is 0 Å². The van der Waals surface area contributed by atoms with Crippen LogP contribution in [0.25, 0.3) is 0 Å². The van der Waals surface area contributed by atoms with Crippen molar-refractivity contribution in [3.05, 3.63) is 35.9 Å². The molecule has 0 radical (unpaired) electrons. The van der Waals surface area contributed by atoms with Gasteiger partial charge in [-0.05, 0) is 18.4 Å². The highest BCUT2D eigenvalue weighted by Gasteiger charge is 2.37. The maximum atomic E-state index is 12.2. The van der Waals surface area contributed by atoms with Crippen LogP contribution in [0.2, 0.25) is 0 Å². The second kappa shape index (κ2) is 6.17. The van der Waals surface area contributed by atoms with Crippen LogP contribution >= 0.6 is 0 Å². The molecule has 1 aliphatic carbocycles. The van der Waals surface area contributed by atoms with Gasteiger partial charge in [-0.3, -0.25) is 4.79 Å². The Morgan fingerprint density at radius 1 is 1.42 bits per heavy atom. The fourth-order valence-electron chi connectivity index (χ4n) is 2.46. The molecule has 4 nitrogen and oxygen atoms in total. The van der Waals surface area contributed by atoms with Crippen LogP contribution in [0.3, 0.4) is 0 Å². The van der Waals surface area contributed by atoms with E-state index >= 15 is 0 Å². The number of nitrogens with one attached hydrogen (secondary N) is 1. The molecule has 1 atom stereocenters. The van der Waals surface area contributed by atoms with Gasteiger partial charge in [-0.25, -0.2) is 0 Å². The summed E-state index contributed by atoms with van der Waals surface area (Å²) < 4.78 is 5.27. The topological polar surface area (TPSA) is 58.6 Å². The Bertz CT molecular complexity index is 409. The van der Waals surface area contributed by atoms with E-state index in [9.17, 15) is 9.90 Å². The van der Waals surface area contributed by atoms with Crippen LogP contribution in [0.5, 0.6) is 0 Å². The predicted molar refractivity (Wildman–Crippen MR) is 72.6 cm³/mol. The van der Waals surface area contributed by atoms with Gasteiger partial charge in [0.2, 0.25) is 0 Å². The first-order valence-electron chi connectivity index (χ1n) is 6.67. The maximum absolute atomic E-state index is 12.2. The van der Waals surface area contributed by atoms with Crippen LogP contribution in [-0.4, -0.2) is 31.3 Å². The number of hydrogen-bond donors (Lipinski definition) is 2. The van der Waals surface area contributed by atoms with Crippen molar-refractivity contribution in [3.8, 4) is 0 Å². The summed E-state index contributed by atoms with van der Waals surface area (Å²) >= 11 is 0. The number of aliphatic hydroxyl groups excluding tert-OH is 1. The van der Waals surface area contributed by atoms with Crippen molar-refractivity contribution in [1.29, 1.82) is 0 Å². The van der Waals surface area contributed by atoms with E-state index < -0.39 is 6.10 Å². The molecule has 1 aliphatic rings. The lowest BCUT2D eigenvalue weighted by molar-refractivity contribution is -0.132. The van der Waals surface area contributed by atoms with Gasteiger partial charge in [0.05, 0.1) is 6.61 Å². The molecule has 4 heteroatoms. The highest BCUT2D eigenvalue weighted by atomic mass is 16.5. The zero-order valence-corrected chi connectivity index (χ0v) is 11.3. The highest BCUT2D eigenvalue weighted by Crippen LogP contribution is 2.39. The lowest BCUT2D eigenvalue weighted by atomic mass is 9.69. The summed E-state index contributed by atoms with van der Waals surface area (Å²) in [5.74, 6) is -0.145. The van der Waals surface area contributed by atoms with E-state index in [1.54, 1.807) is 0 Å². The number of methoxy groups -OCH3 is 1. The first-order chi connectivity index (χ1) is 9.21. The molecule has 19 heavy (non-hydrogen) atoms. The Labute approximate surface area is 113 Å². The molecule has 0 unspecified atom stereocenters. The van der Waals surface area contributed by atoms with Crippen LogP contribution in [0, 0.1) is 5.41 Å². The van der Waals surface area contributed by atoms with Crippen LogP contribution in [0.4, 0.5) is 0 Å². The van der Waals surface area contributed by atoms with Gasteiger partial charge in [0.15, 0.2) is 6.10 Å². The molecule has 0 saturated heterocycles. The number of aliphatic hydroxyl groups is 1. The fourth-order valence-corrected chi connectivity index (χ4v) is 2.46. The zero-order chi connectivity index (χ0) is 13.7. The van der Waals surface area contributed by atoms with Crippen molar-refractivity contribution in [1.82, 2.24) is 5.32 Å². The van der Waals surface area contributed by atoms with E-state index in [0.29, 0.717) is 6.54 Å². The van der Waals surface area contributed by atoms with Gasteiger partial charge in [-0.1, -0.05) is 36.8 Å². The minimum Gasteiger partial charge on any atom is -0.396 e. The third kappa shape index (κ3) is 3.14. The lowest BCUT2D eigenvalue weighted by Gasteiger charge is -2.40. The highest BCUT2D eigenvalue weighted by molar-refractivity contribution is 5.82. The van der Waals surface area contributed by atoms with Gasteiger partial charge in [-0.15, -0.1) is 0 Å². The number of benzene rings is 1. The summed E-state index contributed by atoms with van der Waals surface area (Å²) in [5, 5.41) is 12.3. The first kappa shape index (κ1) is 14.0. The number of amides is 1. The molecule has 1 saturated carbocycles. The number of hydrogen-bond acceptors (Lipinski definition) is 3. The van der Waals surface area contributed by atoms with Gasteiger partial charge in [-0.2, -0.15) is 0 Å². The van der Waals surface area contributed by atoms with Crippen molar-refractivity contribution < 1.29 is 14.6 Å². The third-order valence-corrected chi connectivity index (χ3v) is 3.96. The van der Waals surface area contributed by atoms with Crippen LogP contribution in [0.15, 0.2) is 30.3 Å². The molecule has 0 aliphatic heterocycles. The summed E-state index contributed by atoms with van der Waals surface area (Å²) in [6.07, 6.45) is 2.50. The number of ether oxygens (including phenoxy) is 1. The number of carbonyl (C=O) groups excluding carboxylic acids is 1. The van der Waals surface area contributed by atoms with E-state index in [1.165, 1.54) is 7.11 Å². The Balaban J connectivity index is 1.94. The van der Waals surface area contributed by atoms with Crippen molar-refractivity contribution in [2.45, 2.75) is 25.4 Å². The third-order valence-electron chi connectivity index (χ3n) is 3.96. The second-order valence-corrected chi connectivity index (χ2v) is 5.26. The predicted octanol–water partition coefficient (Wildman–Crippen LogP) is 1.65. The molecule has 0 aromatic heterocycles. The summed E-state index contributed by atoms with van der Waals surface area (Å²) in [5.41, 5.74) is 0.735. The van der Waals surface area contributed by atoms with Gasteiger partial charge < -0.3 is 15.2 Å². The Hall–Kier alpha value is -1.39. The van der Waals surface area contributed by atoms with Crippen LogP contribution in [0.1, 0.15) is 30.9 Å². The van der Waals surface area contributed by atoms with Crippen molar-refractivity contribution in [2.75, 3.05) is 20.3 Å². The van der Waals surface area contributed by atoms with Gasteiger partial charge in [0.1, 0.15) is 0 Å². The molecule has 2 N–H and O–H groups in total. The van der Waals surface area contributed by atoms with Crippen LogP contribution in [-0.2, 0) is 9.53 Å². The average Bonchev–Trinajstić information content (AvgIpc) is 2.40. The molecular formula is C15H21NO3. The Kier molecular flexibility index (Phi) is 4.56. The zero-order valence-electron chi connectivity index (χ0n) is 11.3. The monoisotopic (exact) mass is 263 g/mol. The summed E-state index contributed by atoms with van der Waals surface area (Å²) in [6, 6.07) is 9.42. The normalized spacial score (nSPS) is 18.4. The minimum absolute atomic E-state index is 0.107. The molecule has 1 aromatic carbocycles. The Morgan fingerprint density at radius 2 is 2.11 bits per heavy atom. The van der Waals surface area contributed by atoms with E-state index in [0.717, 1.165) is 24.8 Å². The lowest BCUT2D eigenvalue weighted by Crippen LogP contribution is -2.45. The summed E-state index contributed by atoms with van der Waals surface area (Å²) in [4.78, 5) is 12.2. The first-order valence-corrected chi connectivity index (χ1v) is 6.67. The smallest absolute Gasteiger partial charge is 0.253 e. The molecule has 104 valence electrons. The summed E-state index contributed by atoms with van der Waals surface area (Å²) in [6.45, 7) is 0.658. The van der Waals surface area contributed by atoms with Gasteiger partial charge in [0.25, 0.3) is 5.91 Å². The van der Waals surface area contributed by atoms with E-state index in [1.807, 2.05) is 30.3 Å². The Morgan fingerprint density at radius 3 is 2.58 bits per heavy atom. The van der Waals surface area contributed by atoms with E-state index in [2.05, 4.69) is 5.32 Å². The van der Waals surface area contributed by atoms with E-state index in [-0.39, 0.29) is 17.9 Å². The largest absolute Gasteiger partial charge is 0.396 e. The SMILES string of the molecule is CO[C@H](C(=O)NCC1(CO)CCC1)c1ccccc1. The molecule has 1 aromatic rings. The molecular weight excluding hydrogens is 242 g/mol. The molecule has 0 heterocycles. The van der Waals surface area contributed by atoms with Gasteiger partial charge in [0, 0.05) is 19.1 Å². The molecule has 2 rings (SSSR count). The van der Waals surface area contributed by atoms with Crippen molar-refractivity contribution in [2.24, 2.45) is 5.41 Å². The average molecular weight is 263 g/mol. The minimum atomic E-state index is -0.586. The number of rotatable bonds is 6. The summed E-state index contributed by atoms with van der Waals surface area (Å²) in [7, 11) is 1.53. The standard InChI is InChI=1S/C15H21NO3/c1-19-13(12-6-3-2-4-7-12)14(18)16-10-15(11-17)8-5-9-15/h2-4,6-7,13,17H,5,8-11H2,1H3,(H,16,18)/t13-/m0/s1. The fraction of sp³-hybridized carbons (Fsp3) is 0.533. The van der Waals surface area contributed by atoms with E-state index in [4.69, 9.17) is 4.74 Å². The molecule has 1 amide bonds. The quantitative estimate of drug-likeness (QED) is 0.820.